The zero-order chi connectivity index (χ0) is 14.4. The van der Waals surface area contributed by atoms with Gasteiger partial charge in [0.2, 0.25) is 0 Å². The second-order valence-corrected chi connectivity index (χ2v) is 5.12. The van der Waals surface area contributed by atoms with Gasteiger partial charge in [-0.2, -0.15) is 0 Å². The van der Waals surface area contributed by atoms with Crippen LogP contribution in [-0.2, 0) is 10.1 Å². The van der Waals surface area contributed by atoms with Gasteiger partial charge >= 0.3 is 0 Å². The van der Waals surface area contributed by atoms with E-state index in [1.165, 1.54) is 0 Å². The molecule has 2 rings (SSSR count). The van der Waals surface area contributed by atoms with Crippen molar-refractivity contribution in [3.63, 3.8) is 0 Å². The SMILES string of the molecule is O=C(COc1ccc(Cl)cc1)Nc1cccc(CBr)c1. The number of hydrogen-bond donors (Lipinski definition) is 1. The molecule has 0 aliphatic heterocycles. The molecule has 0 aliphatic carbocycles. The minimum Gasteiger partial charge on any atom is -0.484 e. The third kappa shape index (κ3) is 4.54. The van der Waals surface area contributed by atoms with Gasteiger partial charge in [-0.25, -0.2) is 0 Å². The Balaban J connectivity index is 1.87. The maximum Gasteiger partial charge on any atom is 0.262 e. The Hall–Kier alpha value is -1.52. The van der Waals surface area contributed by atoms with Crippen molar-refractivity contribution in [2.24, 2.45) is 0 Å². The van der Waals surface area contributed by atoms with E-state index < -0.39 is 0 Å². The highest BCUT2D eigenvalue weighted by atomic mass is 79.9. The van der Waals surface area contributed by atoms with Crippen molar-refractivity contribution in [3.8, 4) is 5.75 Å². The third-order valence-corrected chi connectivity index (χ3v) is 3.45. The maximum absolute atomic E-state index is 11.8. The highest BCUT2D eigenvalue weighted by molar-refractivity contribution is 9.08. The number of carbonyl (C=O) groups is 1. The Morgan fingerprint density at radius 2 is 1.95 bits per heavy atom. The second kappa shape index (κ2) is 7.31. The Labute approximate surface area is 131 Å². The first-order valence-corrected chi connectivity index (χ1v) is 7.50. The Morgan fingerprint density at radius 1 is 1.20 bits per heavy atom. The van der Waals surface area contributed by atoms with Crippen LogP contribution in [0.2, 0.25) is 5.02 Å². The number of rotatable bonds is 5. The summed E-state index contributed by atoms with van der Waals surface area (Å²) in [7, 11) is 0. The molecule has 0 saturated heterocycles. The first-order valence-electron chi connectivity index (χ1n) is 6.00. The van der Waals surface area contributed by atoms with Gasteiger partial charge in [0.1, 0.15) is 5.75 Å². The maximum atomic E-state index is 11.8. The predicted molar refractivity (Wildman–Crippen MR) is 84.6 cm³/mol. The number of alkyl halides is 1. The molecular weight excluding hydrogens is 342 g/mol. The van der Waals surface area contributed by atoms with Gasteiger partial charge in [-0.05, 0) is 42.0 Å². The molecule has 0 atom stereocenters. The second-order valence-electron chi connectivity index (χ2n) is 4.12. The summed E-state index contributed by atoms with van der Waals surface area (Å²) in [6.45, 7) is -0.0415. The normalized spacial score (nSPS) is 10.1. The van der Waals surface area contributed by atoms with Crippen LogP contribution in [0.25, 0.3) is 0 Å². The lowest BCUT2D eigenvalue weighted by Crippen LogP contribution is -2.20. The van der Waals surface area contributed by atoms with Crippen molar-refractivity contribution in [1.82, 2.24) is 0 Å². The molecule has 20 heavy (non-hydrogen) atoms. The average molecular weight is 355 g/mol. The fourth-order valence-corrected chi connectivity index (χ4v) is 2.08. The lowest BCUT2D eigenvalue weighted by Gasteiger charge is -2.08. The molecule has 1 amide bonds. The van der Waals surface area contributed by atoms with Gasteiger partial charge in [-0.1, -0.05) is 39.7 Å². The van der Waals surface area contributed by atoms with Crippen molar-refractivity contribution in [3.05, 3.63) is 59.1 Å². The molecule has 1 N–H and O–H groups in total. The summed E-state index contributed by atoms with van der Waals surface area (Å²) in [6, 6.07) is 14.5. The summed E-state index contributed by atoms with van der Waals surface area (Å²) in [6.07, 6.45) is 0. The van der Waals surface area contributed by atoms with Gasteiger partial charge in [0, 0.05) is 16.0 Å². The van der Waals surface area contributed by atoms with Gasteiger partial charge in [-0.3, -0.25) is 4.79 Å². The molecule has 0 saturated carbocycles. The molecule has 0 radical (unpaired) electrons. The van der Waals surface area contributed by atoms with Crippen LogP contribution in [0.5, 0.6) is 5.75 Å². The molecule has 0 fully saturated rings. The molecule has 0 aromatic heterocycles. The summed E-state index contributed by atoms with van der Waals surface area (Å²) >= 11 is 9.15. The van der Waals surface area contributed by atoms with Gasteiger partial charge in [0.15, 0.2) is 6.61 Å². The summed E-state index contributed by atoms with van der Waals surface area (Å²) < 4.78 is 5.37. The van der Waals surface area contributed by atoms with Crippen LogP contribution in [0.3, 0.4) is 0 Å². The van der Waals surface area contributed by atoms with E-state index >= 15 is 0 Å². The zero-order valence-corrected chi connectivity index (χ0v) is 12.9. The number of carbonyl (C=O) groups excluding carboxylic acids is 1. The average Bonchev–Trinajstić information content (AvgIpc) is 2.47. The topological polar surface area (TPSA) is 38.3 Å². The molecule has 104 valence electrons. The minimum absolute atomic E-state index is 0.0415. The van der Waals surface area contributed by atoms with Crippen LogP contribution >= 0.6 is 27.5 Å². The number of hydrogen-bond acceptors (Lipinski definition) is 2. The predicted octanol–water partition coefficient (Wildman–Crippen LogP) is 4.25. The quantitative estimate of drug-likeness (QED) is 0.815. The van der Waals surface area contributed by atoms with Gasteiger partial charge in [0.05, 0.1) is 0 Å². The van der Waals surface area contributed by atoms with Crippen molar-refractivity contribution in [1.29, 1.82) is 0 Å². The molecule has 2 aromatic carbocycles. The van der Waals surface area contributed by atoms with Crippen LogP contribution in [0.1, 0.15) is 5.56 Å². The number of ether oxygens (including phenoxy) is 1. The van der Waals surface area contributed by atoms with E-state index in [0.717, 1.165) is 16.6 Å². The van der Waals surface area contributed by atoms with Crippen LogP contribution < -0.4 is 10.1 Å². The zero-order valence-electron chi connectivity index (χ0n) is 10.6. The number of anilines is 1. The molecule has 3 nitrogen and oxygen atoms in total. The van der Waals surface area contributed by atoms with Crippen molar-refractivity contribution >= 4 is 39.1 Å². The lowest BCUT2D eigenvalue weighted by molar-refractivity contribution is -0.118. The van der Waals surface area contributed by atoms with Crippen molar-refractivity contribution in [2.75, 3.05) is 11.9 Å². The molecule has 0 aliphatic rings. The highest BCUT2D eigenvalue weighted by Crippen LogP contribution is 2.16. The summed E-state index contributed by atoms with van der Waals surface area (Å²) in [4.78, 5) is 11.8. The van der Waals surface area contributed by atoms with Gasteiger partial charge in [-0.15, -0.1) is 0 Å². The molecule has 0 bridgehead atoms. The molecular formula is C15H13BrClNO2. The number of amides is 1. The largest absolute Gasteiger partial charge is 0.484 e. The lowest BCUT2D eigenvalue weighted by atomic mass is 10.2. The molecule has 0 heterocycles. The number of halogens is 2. The number of benzene rings is 2. The first-order chi connectivity index (χ1) is 9.67. The van der Waals surface area contributed by atoms with Crippen LogP contribution in [0.15, 0.2) is 48.5 Å². The summed E-state index contributed by atoms with van der Waals surface area (Å²) in [5, 5.41) is 4.17. The van der Waals surface area contributed by atoms with E-state index in [4.69, 9.17) is 16.3 Å². The Kier molecular flexibility index (Phi) is 5.44. The number of nitrogens with one attached hydrogen (secondary N) is 1. The Morgan fingerprint density at radius 3 is 2.65 bits per heavy atom. The van der Waals surface area contributed by atoms with Gasteiger partial charge in [0.25, 0.3) is 5.91 Å². The van der Waals surface area contributed by atoms with E-state index in [0.29, 0.717) is 10.8 Å². The molecule has 5 heteroatoms. The fraction of sp³-hybridized carbons (Fsp3) is 0.133. The van der Waals surface area contributed by atoms with Gasteiger partial charge < -0.3 is 10.1 Å². The highest BCUT2D eigenvalue weighted by Gasteiger charge is 2.04. The van der Waals surface area contributed by atoms with E-state index in [9.17, 15) is 4.79 Å². The van der Waals surface area contributed by atoms with Crippen LogP contribution in [-0.4, -0.2) is 12.5 Å². The fourth-order valence-electron chi connectivity index (χ4n) is 1.61. The molecule has 0 spiro atoms. The summed E-state index contributed by atoms with van der Waals surface area (Å²) in [5.41, 5.74) is 1.85. The van der Waals surface area contributed by atoms with Crippen molar-refractivity contribution in [2.45, 2.75) is 5.33 Å². The van der Waals surface area contributed by atoms with E-state index in [1.54, 1.807) is 24.3 Å². The first kappa shape index (κ1) is 14.9. The smallest absolute Gasteiger partial charge is 0.262 e. The van der Waals surface area contributed by atoms with Crippen molar-refractivity contribution < 1.29 is 9.53 Å². The standard InChI is InChI=1S/C15H13BrClNO2/c16-9-11-2-1-3-13(8-11)18-15(19)10-20-14-6-4-12(17)5-7-14/h1-8H,9-10H2,(H,18,19). The van der Waals surface area contributed by atoms with E-state index in [2.05, 4.69) is 21.2 Å². The molecule has 2 aromatic rings. The van der Waals surface area contributed by atoms with E-state index in [-0.39, 0.29) is 12.5 Å². The minimum atomic E-state index is -0.202. The monoisotopic (exact) mass is 353 g/mol. The molecule has 0 unspecified atom stereocenters. The Bertz CT molecular complexity index is 587. The van der Waals surface area contributed by atoms with Crippen LogP contribution in [0.4, 0.5) is 5.69 Å². The van der Waals surface area contributed by atoms with Crippen LogP contribution in [0, 0.1) is 0 Å². The third-order valence-electron chi connectivity index (χ3n) is 2.55. The van der Waals surface area contributed by atoms with E-state index in [1.807, 2.05) is 24.3 Å². The summed E-state index contributed by atoms with van der Waals surface area (Å²) in [5.74, 6) is 0.408.